The lowest BCUT2D eigenvalue weighted by Crippen LogP contribution is -2.41. The van der Waals surface area contributed by atoms with Gasteiger partial charge in [-0.1, -0.05) is 24.3 Å². The highest BCUT2D eigenvalue weighted by Crippen LogP contribution is 2.37. The quantitative estimate of drug-likeness (QED) is 0.414. The zero-order valence-corrected chi connectivity index (χ0v) is 16.9. The highest BCUT2D eigenvalue weighted by atomic mass is 16.5. The van der Waals surface area contributed by atoms with Gasteiger partial charge >= 0.3 is 7.12 Å². The van der Waals surface area contributed by atoms with Crippen LogP contribution in [-0.2, 0) is 11.3 Å². The molecule has 2 aliphatic heterocycles. The van der Waals surface area contributed by atoms with E-state index in [0.29, 0.717) is 18.0 Å². The number of hydrogen-bond donors (Lipinski definition) is 3. The van der Waals surface area contributed by atoms with E-state index in [1.54, 1.807) is 11.9 Å². The number of nitrogens with one attached hydrogen (secondary N) is 2. The highest BCUT2D eigenvalue weighted by molar-refractivity contribution is 6.61. The van der Waals surface area contributed by atoms with Gasteiger partial charge in [-0.3, -0.25) is 10.8 Å². The molecule has 0 bridgehead atoms. The van der Waals surface area contributed by atoms with Gasteiger partial charge in [-0.15, -0.1) is 0 Å². The maximum absolute atomic E-state index is 9.90. The summed E-state index contributed by atoms with van der Waals surface area (Å²) in [6.45, 7) is 1.88. The Morgan fingerprint density at radius 1 is 1.33 bits per heavy atom. The zero-order valence-electron chi connectivity index (χ0n) is 16.9. The average Bonchev–Trinajstić information content (AvgIpc) is 3.17. The molecule has 0 amide bonds. The molecule has 1 fully saturated rings. The van der Waals surface area contributed by atoms with Gasteiger partial charge in [0.2, 0.25) is 0 Å². The predicted molar refractivity (Wildman–Crippen MR) is 118 cm³/mol. The molecule has 0 atom stereocenters. The Morgan fingerprint density at radius 2 is 2.10 bits per heavy atom. The Kier molecular flexibility index (Phi) is 5.58. The number of nitriles is 1. The minimum Gasteiger partial charge on any atom is -0.423 e. The molecule has 4 rings (SSSR count). The van der Waals surface area contributed by atoms with Gasteiger partial charge in [0.05, 0.1) is 24.2 Å². The number of piperidine rings is 1. The third-order valence-electron chi connectivity index (χ3n) is 6.04. The maximum atomic E-state index is 9.90. The lowest BCUT2D eigenvalue weighted by Gasteiger charge is -2.36. The molecular weight excluding hydrogens is 377 g/mol. The summed E-state index contributed by atoms with van der Waals surface area (Å²) in [4.78, 5) is 3.79. The first-order valence-corrected chi connectivity index (χ1v) is 10.1. The van der Waals surface area contributed by atoms with E-state index >= 15 is 0 Å². The fourth-order valence-corrected chi connectivity index (χ4v) is 4.34. The molecule has 0 saturated carbocycles. The van der Waals surface area contributed by atoms with Gasteiger partial charge in [0.15, 0.2) is 0 Å². The van der Waals surface area contributed by atoms with E-state index in [1.807, 2.05) is 36.4 Å². The summed E-state index contributed by atoms with van der Waals surface area (Å²) in [5.74, 6) is 0.583. The molecule has 2 aliphatic rings. The largest absolute Gasteiger partial charge is 0.491 e. The third-order valence-corrected chi connectivity index (χ3v) is 6.04. The molecule has 30 heavy (non-hydrogen) atoms. The van der Waals surface area contributed by atoms with Crippen LogP contribution in [0, 0.1) is 28.1 Å². The van der Waals surface area contributed by atoms with Crippen LogP contribution < -0.4 is 10.4 Å². The fourth-order valence-electron chi connectivity index (χ4n) is 4.34. The van der Waals surface area contributed by atoms with Crippen LogP contribution in [0.4, 0.5) is 5.69 Å². The van der Waals surface area contributed by atoms with E-state index in [1.165, 1.54) is 6.34 Å². The van der Waals surface area contributed by atoms with Gasteiger partial charge in [-0.2, -0.15) is 5.26 Å². The molecule has 2 aromatic carbocycles. The van der Waals surface area contributed by atoms with Gasteiger partial charge in [0, 0.05) is 31.6 Å². The van der Waals surface area contributed by atoms with Crippen molar-refractivity contribution in [2.24, 2.45) is 5.92 Å². The van der Waals surface area contributed by atoms with Crippen molar-refractivity contribution >= 4 is 30.4 Å². The van der Waals surface area contributed by atoms with Crippen molar-refractivity contribution in [3.05, 3.63) is 47.5 Å². The Labute approximate surface area is 176 Å². The zero-order chi connectivity index (χ0) is 21.3. The molecule has 8 heteroatoms. The van der Waals surface area contributed by atoms with Crippen molar-refractivity contribution in [1.29, 1.82) is 16.1 Å². The molecule has 152 valence electrons. The second-order valence-electron chi connectivity index (χ2n) is 7.78. The predicted octanol–water partition coefficient (Wildman–Crippen LogP) is 2.18. The van der Waals surface area contributed by atoms with Crippen LogP contribution >= 0.6 is 0 Å². The number of nitrogens with zero attached hydrogens (tertiary/aromatic N) is 3. The number of benzene rings is 2. The second-order valence-corrected chi connectivity index (χ2v) is 7.78. The fraction of sp³-hybridized carbons (Fsp3) is 0.318. The molecule has 2 heterocycles. The van der Waals surface area contributed by atoms with Crippen LogP contribution in [0.1, 0.15) is 24.0 Å². The standard InChI is InChI=1S/C22H24BN5O2/c1-27(14-25)22(26)15-7-9-28(10-8-15)21-17(12-24)3-2-4-19(21)16-5-6-20-18(11-16)13-30-23(20)29/h2-6,11,14-15,25-26,29H,7-10,13H2,1H3. The summed E-state index contributed by atoms with van der Waals surface area (Å²) in [7, 11) is 0.867. The molecular formula is C22H24BN5O2. The number of hydrogen-bond acceptors (Lipinski definition) is 6. The summed E-state index contributed by atoms with van der Waals surface area (Å²) in [6.07, 6.45) is 2.78. The normalized spacial score (nSPS) is 16.2. The smallest absolute Gasteiger partial charge is 0.423 e. The van der Waals surface area contributed by atoms with Crippen LogP contribution in [0.2, 0.25) is 0 Å². The van der Waals surface area contributed by atoms with Crippen molar-refractivity contribution in [3.8, 4) is 17.2 Å². The molecule has 0 unspecified atom stereocenters. The molecule has 2 aromatic rings. The first kappa shape index (κ1) is 20.1. The van der Waals surface area contributed by atoms with Crippen LogP contribution in [0.3, 0.4) is 0 Å². The molecule has 0 spiro atoms. The van der Waals surface area contributed by atoms with Crippen molar-refractivity contribution in [1.82, 2.24) is 4.90 Å². The van der Waals surface area contributed by atoms with E-state index in [2.05, 4.69) is 11.0 Å². The van der Waals surface area contributed by atoms with Crippen LogP contribution in [-0.4, -0.2) is 49.4 Å². The molecule has 1 saturated heterocycles. The number of para-hydroxylation sites is 1. The van der Waals surface area contributed by atoms with E-state index in [0.717, 1.165) is 53.8 Å². The van der Waals surface area contributed by atoms with Crippen molar-refractivity contribution in [2.75, 3.05) is 25.0 Å². The number of rotatable bonds is 4. The van der Waals surface area contributed by atoms with E-state index in [4.69, 9.17) is 15.5 Å². The molecule has 0 aliphatic carbocycles. The molecule has 0 aromatic heterocycles. The van der Waals surface area contributed by atoms with Crippen molar-refractivity contribution in [3.63, 3.8) is 0 Å². The Morgan fingerprint density at radius 3 is 2.80 bits per heavy atom. The highest BCUT2D eigenvalue weighted by Gasteiger charge is 2.29. The lowest BCUT2D eigenvalue weighted by molar-refractivity contribution is 0.275. The number of fused-ring (bicyclic) bond motifs is 1. The minimum atomic E-state index is -0.868. The number of amidine groups is 1. The first-order valence-electron chi connectivity index (χ1n) is 10.1. The second kappa shape index (κ2) is 8.30. The van der Waals surface area contributed by atoms with Gasteiger partial charge in [-0.05, 0) is 41.6 Å². The van der Waals surface area contributed by atoms with E-state index < -0.39 is 7.12 Å². The van der Waals surface area contributed by atoms with E-state index in [-0.39, 0.29) is 5.92 Å². The monoisotopic (exact) mass is 401 g/mol. The van der Waals surface area contributed by atoms with Gasteiger partial charge in [0.1, 0.15) is 11.9 Å². The molecule has 7 nitrogen and oxygen atoms in total. The SMILES string of the molecule is CN(C=N)C(=N)C1CCN(c2c(C#N)cccc2-c2ccc3c(c2)COB3O)CC1. The van der Waals surface area contributed by atoms with Crippen LogP contribution in [0.15, 0.2) is 36.4 Å². The molecule has 3 N–H and O–H groups in total. The Bertz CT molecular complexity index is 1030. The molecule has 0 radical (unpaired) electrons. The number of anilines is 1. The van der Waals surface area contributed by atoms with Crippen LogP contribution in [0.5, 0.6) is 0 Å². The third kappa shape index (κ3) is 3.58. The summed E-state index contributed by atoms with van der Waals surface area (Å²) in [6, 6.07) is 14.0. The minimum absolute atomic E-state index is 0.115. The van der Waals surface area contributed by atoms with Gasteiger partial charge in [0.25, 0.3) is 0 Å². The summed E-state index contributed by atoms with van der Waals surface area (Å²) >= 11 is 0. The Balaban J connectivity index is 1.64. The van der Waals surface area contributed by atoms with Crippen LogP contribution in [0.25, 0.3) is 11.1 Å². The van der Waals surface area contributed by atoms with Gasteiger partial charge in [-0.25, -0.2) is 0 Å². The van der Waals surface area contributed by atoms with E-state index in [9.17, 15) is 10.3 Å². The Hall–Kier alpha value is -3.15. The summed E-state index contributed by atoms with van der Waals surface area (Å²) in [5.41, 5.74) is 5.31. The topological polar surface area (TPSA) is 107 Å². The summed E-state index contributed by atoms with van der Waals surface area (Å²) < 4.78 is 5.32. The summed E-state index contributed by atoms with van der Waals surface area (Å²) in [5, 5.41) is 35.3. The van der Waals surface area contributed by atoms with Crippen molar-refractivity contribution < 1.29 is 9.68 Å². The average molecular weight is 401 g/mol. The first-order chi connectivity index (χ1) is 14.5. The van der Waals surface area contributed by atoms with Crippen molar-refractivity contribution in [2.45, 2.75) is 19.4 Å². The van der Waals surface area contributed by atoms with Gasteiger partial charge < -0.3 is 19.5 Å². The lowest BCUT2D eigenvalue weighted by atomic mass is 9.78. The maximum Gasteiger partial charge on any atom is 0.491 e.